The van der Waals surface area contributed by atoms with Gasteiger partial charge in [0.2, 0.25) is 0 Å². The third-order valence-corrected chi connectivity index (χ3v) is 4.78. The molecule has 0 amide bonds. The van der Waals surface area contributed by atoms with Gasteiger partial charge in [0.05, 0.1) is 6.10 Å². The molecule has 0 aromatic heterocycles. The highest BCUT2D eigenvalue weighted by atomic mass is 16.6. The van der Waals surface area contributed by atoms with Gasteiger partial charge in [-0.15, -0.1) is 0 Å². The van der Waals surface area contributed by atoms with Crippen LogP contribution in [0, 0.1) is 0 Å². The van der Waals surface area contributed by atoms with Gasteiger partial charge in [-0.05, 0) is 19.9 Å². The number of β-amino-alcohol motifs (C(OH)–C–C–N with tert-alkyl or cyclic N) is 1. The second-order valence-electron chi connectivity index (χ2n) is 6.85. The Kier molecular flexibility index (Phi) is 6.03. The van der Waals surface area contributed by atoms with Crippen LogP contribution in [0.5, 0.6) is 0 Å². The molecule has 2 heterocycles. The molecule has 0 spiro atoms. The topological polar surface area (TPSA) is 73.2 Å². The molecule has 0 aromatic carbocycles. The molecule has 0 saturated carbocycles. The molecule has 0 bridgehead atoms. The van der Waals surface area contributed by atoms with E-state index in [-0.39, 0.29) is 6.04 Å². The molecular formula is C16H31NO4. The summed E-state index contributed by atoms with van der Waals surface area (Å²) in [4.78, 5) is 2.18. The largest absolute Gasteiger partial charge is 0.389 e. The lowest BCUT2D eigenvalue weighted by Gasteiger charge is -2.41. The number of aliphatic hydroxyl groups excluding tert-OH is 2. The zero-order valence-electron chi connectivity index (χ0n) is 13.4. The van der Waals surface area contributed by atoms with Crippen molar-refractivity contribution in [3.8, 4) is 0 Å². The molecule has 2 rings (SSSR count). The number of fused-ring (bicyclic) bond motifs is 1. The number of hydrogen-bond acceptors (Lipinski definition) is 5. The second kappa shape index (κ2) is 7.38. The van der Waals surface area contributed by atoms with Crippen molar-refractivity contribution in [3.05, 3.63) is 0 Å². The summed E-state index contributed by atoms with van der Waals surface area (Å²) in [6.07, 6.45) is 5.73. The van der Waals surface area contributed by atoms with E-state index < -0.39 is 24.1 Å². The van der Waals surface area contributed by atoms with E-state index >= 15 is 0 Å². The molecule has 0 aromatic rings. The Hall–Kier alpha value is -0.200. The van der Waals surface area contributed by atoms with Gasteiger partial charge in [-0.3, -0.25) is 4.90 Å². The summed E-state index contributed by atoms with van der Waals surface area (Å²) in [7, 11) is 0. The van der Waals surface area contributed by atoms with Gasteiger partial charge < -0.3 is 20.1 Å². The molecule has 21 heavy (non-hydrogen) atoms. The number of nitrogens with zero attached hydrogens (tertiary/aromatic N) is 1. The predicted molar refractivity (Wildman–Crippen MR) is 80.9 cm³/mol. The quantitative estimate of drug-likeness (QED) is 0.617. The summed E-state index contributed by atoms with van der Waals surface area (Å²) in [6.45, 7) is 5.22. The van der Waals surface area contributed by atoms with Gasteiger partial charge in [0, 0.05) is 19.0 Å². The number of aliphatic hydroxyl groups is 3. The average Bonchev–Trinajstić information content (AvgIpc) is 2.75. The molecule has 5 nitrogen and oxygen atoms in total. The smallest absolute Gasteiger partial charge is 0.164 e. The number of piperidine rings is 1. The van der Waals surface area contributed by atoms with Crippen LogP contribution in [-0.2, 0) is 4.74 Å². The fourth-order valence-corrected chi connectivity index (χ4v) is 3.61. The molecule has 2 aliphatic heterocycles. The fourth-order valence-electron chi connectivity index (χ4n) is 3.61. The maximum atomic E-state index is 10.1. The van der Waals surface area contributed by atoms with Gasteiger partial charge in [-0.25, -0.2) is 0 Å². The minimum absolute atomic E-state index is 0.00837. The van der Waals surface area contributed by atoms with E-state index in [2.05, 4.69) is 11.8 Å². The number of rotatable bonds is 7. The molecule has 5 atom stereocenters. The van der Waals surface area contributed by atoms with Gasteiger partial charge >= 0.3 is 0 Å². The molecular weight excluding hydrogens is 270 g/mol. The Balaban J connectivity index is 1.81. The summed E-state index contributed by atoms with van der Waals surface area (Å²) in [5, 5.41) is 30.1. The molecule has 3 N–H and O–H groups in total. The van der Waals surface area contributed by atoms with E-state index in [1.807, 2.05) is 0 Å². The average molecular weight is 301 g/mol. The number of hydrogen-bond donors (Lipinski definition) is 3. The van der Waals surface area contributed by atoms with Crippen LogP contribution in [0.2, 0.25) is 0 Å². The Bertz CT molecular complexity index is 323. The zero-order valence-corrected chi connectivity index (χ0v) is 13.4. The Morgan fingerprint density at radius 2 is 1.81 bits per heavy atom. The lowest BCUT2D eigenvalue weighted by molar-refractivity contribution is -0.213. The molecule has 124 valence electrons. The van der Waals surface area contributed by atoms with Crippen LogP contribution in [0.1, 0.15) is 58.8 Å². The highest BCUT2D eigenvalue weighted by Gasteiger charge is 2.52. The van der Waals surface area contributed by atoms with Crippen LogP contribution in [0.4, 0.5) is 0 Å². The van der Waals surface area contributed by atoms with Crippen molar-refractivity contribution >= 4 is 0 Å². The van der Waals surface area contributed by atoms with Crippen molar-refractivity contribution in [2.24, 2.45) is 0 Å². The van der Waals surface area contributed by atoms with Crippen LogP contribution >= 0.6 is 0 Å². The first-order chi connectivity index (χ1) is 9.94. The Morgan fingerprint density at radius 1 is 1.14 bits per heavy atom. The van der Waals surface area contributed by atoms with E-state index in [1.54, 1.807) is 6.92 Å². The van der Waals surface area contributed by atoms with Crippen LogP contribution in [0.15, 0.2) is 0 Å². The lowest BCUT2D eigenvalue weighted by atomic mass is 9.92. The zero-order chi connectivity index (χ0) is 15.5. The Labute approximate surface area is 127 Å². The van der Waals surface area contributed by atoms with Crippen LogP contribution in [-0.4, -0.2) is 63.4 Å². The van der Waals surface area contributed by atoms with E-state index in [9.17, 15) is 15.3 Å². The van der Waals surface area contributed by atoms with E-state index in [4.69, 9.17) is 4.74 Å². The third-order valence-electron chi connectivity index (χ3n) is 4.78. The maximum absolute atomic E-state index is 10.1. The maximum Gasteiger partial charge on any atom is 0.164 e. The first-order valence-electron chi connectivity index (χ1n) is 8.45. The number of likely N-dealkylation sites (tertiary alicyclic amines) is 1. The first kappa shape index (κ1) is 17.2. The highest BCUT2D eigenvalue weighted by molar-refractivity contribution is 5.01. The number of unbranched alkanes of at least 4 members (excludes halogenated alkanes) is 5. The van der Waals surface area contributed by atoms with Crippen molar-refractivity contribution in [2.75, 3.05) is 13.1 Å². The van der Waals surface area contributed by atoms with Gasteiger partial charge in [0.15, 0.2) is 5.79 Å². The summed E-state index contributed by atoms with van der Waals surface area (Å²) in [5.74, 6) is -1.19. The molecule has 2 saturated heterocycles. The highest BCUT2D eigenvalue weighted by Crippen LogP contribution is 2.37. The van der Waals surface area contributed by atoms with Crippen molar-refractivity contribution in [1.82, 2.24) is 4.90 Å². The van der Waals surface area contributed by atoms with Gasteiger partial charge in [-0.1, -0.05) is 39.0 Å². The minimum atomic E-state index is -1.19. The first-order valence-corrected chi connectivity index (χ1v) is 8.45. The molecule has 2 aliphatic rings. The van der Waals surface area contributed by atoms with Gasteiger partial charge in [0.1, 0.15) is 12.2 Å². The molecule has 5 heteroatoms. The monoisotopic (exact) mass is 301 g/mol. The summed E-state index contributed by atoms with van der Waals surface area (Å²) < 4.78 is 5.53. The minimum Gasteiger partial charge on any atom is -0.389 e. The summed E-state index contributed by atoms with van der Waals surface area (Å²) in [5.41, 5.74) is 0. The van der Waals surface area contributed by atoms with Gasteiger partial charge in [-0.2, -0.15) is 0 Å². The van der Waals surface area contributed by atoms with Crippen molar-refractivity contribution in [1.29, 1.82) is 0 Å². The second-order valence-corrected chi connectivity index (χ2v) is 6.85. The van der Waals surface area contributed by atoms with Crippen LogP contribution < -0.4 is 0 Å². The van der Waals surface area contributed by atoms with E-state index in [1.165, 1.54) is 32.1 Å². The summed E-state index contributed by atoms with van der Waals surface area (Å²) >= 11 is 0. The predicted octanol–water partition coefficient (Wildman–Crippen LogP) is 1.25. The molecule has 0 unspecified atom stereocenters. The van der Waals surface area contributed by atoms with E-state index in [0.29, 0.717) is 13.0 Å². The number of ether oxygens (including phenoxy) is 1. The SMILES string of the molecule is CCCCCCCCN1C[C@@H](O)[C@@H](O)[C@H]2O[C@@](C)(O)C[C@H]21. The van der Waals surface area contributed by atoms with Crippen molar-refractivity contribution < 1.29 is 20.1 Å². The molecule has 2 fully saturated rings. The van der Waals surface area contributed by atoms with Crippen LogP contribution in [0.3, 0.4) is 0 Å². The van der Waals surface area contributed by atoms with Crippen LogP contribution in [0.25, 0.3) is 0 Å². The van der Waals surface area contributed by atoms with E-state index in [0.717, 1.165) is 13.0 Å². The third kappa shape index (κ3) is 4.39. The standard InChI is InChI=1S/C16H31NO4/c1-3-4-5-6-7-8-9-17-11-13(18)14(19)15-12(17)10-16(2,20)21-15/h12-15,18-20H,3-11H2,1-2H3/t12-,13-,14-,15+,16-/m1/s1. The normalized spacial score (nSPS) is 40.4. The molecule has 0 aliphatic carbocycles. The van der Waals surface area contributed by atoms with Crippen molar-refractivity contribution in [3.63, 3.8) is 0 Å². The lowest BCUT2D eigenvalue weighted by Crippen LogP contribution is -2.59. The van der Waals surface area contributed by atoms with Gasteiger partial charge in [0.25, 0.3) is 0 Å². The van der Waals surface area contributed by atoms with Crippen molar-refractivity contribution in [2.45, 2.75) is 88.9 Å². The Morgan fingerprint density at radius 3 is 2.52 bits per heavy atom. The summed E-state index contributed by atoms with van der Waals surface area (Å²) in [6, 6.07) is 0.00837. The molecule has 0 radical (unpaired) electrons. The fraction of sp³-hybridized carbons (Fsp3) is 1.00.